The molecule has 1 aliphatic heterocycles. The highest BCUT2D eigenvalue weighted by Crippen LogP contribution is 2.21. The smallest absolute Gasteiger partial charge is 0.0226 e. The van der Waals surface area contributed by atoms with Crippen molar-refractivity contribution in [3.8, 4) is 0 Å². The summed E-state index contributed by atoms with van der Waals surface area (Å²) in [4.78, 5) is 4.97. The van der Waals surface area contributed by atoms with E-state index in [0.717, 1.165) is 6.04 Å². The number of rotatable bonds is 5. The highest BCUT2D eigenvalue weighted by atomic mass is 15.3. The molecule has 0 aromatic carbocycles. The van der Waals surface area contributed by atoms with E-state index < -0.39 is 0 Å². The summed E-state index contributed by atoms with van der Waals surface area (Å²) in [7, 11) is 6.39. The molecule has 3 atom stereocenters. The van der Waals surface area contributed by atoms with Crippen LogP contribution in [0.5, 0.6) is 0 Å². The molecule has 0 aromatic heterocycles. The minimum absolute atomic E-state index is 0.577. The molecule has 90 valence electrons. The fourth-order valence-electron chi connectivity index (χ4n) is 2.54. The molecule has 15 heavy (non-hydrogen) atoms. The Morgan fingerprint density at radius 1 is 1.40 bits per heavy atom. The lowest BCUT2D eigenvalue weighted by molar-refractivity contribution is 0.140. The summed E-state index contributed by atoms with van der Waals surface area (Å²) < 4.78 is 0. The fraction of sp³-hybridized carbons (Fsp3) is 1.00. The SMILES string of the molecule is CNC(C)C(C)N1CCCC1CN(C)C. The van der Waals surface area contributed by atoms with Gasteiger partial charge in [-0.1, -0.05) is 0 Å². The van der Waals surface area contributed by atoms with Crippen molar-refractivity contribution in [2.45, 2.75) is 44.8 Å². The van der Waals surface area contributed by atoms with E-state index in [1.54, 1.807) is 0 Å². The van der Waals surface area contributed by atoms with Gasteiger partial charge in [0.1, 0.15) is 0 Å². The van der Waals surface area contributed by atoms with Crippen molar-refractivity contribution < 1.29 is 0 Å². The van der Waals surface area contributed by atoms with Gasteiger partial charge in [0.15, 0.2) is 0 Å². The van der Waals surface area contributed by atoms with E-state index >= 15 is 0 Å². The first kappa shape index (κ1) is 12.9. The van der Waals surface area contributed by atoms with Gasteiger partial charge in [0.2, 0.25) is 0 Å². The molecule has 0 radical (unpaired) electrons. The van der Waals surface area contributed by atoms with Crippen LogP contribution in [0.15, 0.2) is 0 Å². The largest absolute Gasteiger partial charge is 0.316 e. The van der Waals surface area contributed by atoms with Gasteiger partial charge in [-0.3, -0.25) is 4.90 Å². The Balaban J connectivity index is 2.51. The number of nitrogens with zero attached hydrogens (tertiary/aromatic N) is 2. The van der Waals surface area contributed by atoms with Gasteiger partial charge in [0.25, 0.3) is 0 Å². The molecule has 1 saturated heterocycles. The Kier molecular flexibility index (Phi) is 5.03. The molecule has 0 amide bonds. The summed E-state index contributed by atoms with van der Waals surface area (Å²) in [6.07, 6.45) is 2.72. The van der Waals surface area contributed by atoms with Crippen molar-refractivity contribution in [1.82, 2.24) is 15.1 Å². The van der Waals surface area contributed by atoms with Crippen molar-refractivity contribution in [2.24, 2.45) is 0 Å². The quantitative estimate of drug-likeness (QED) is 0.735. The molecule has 1 fully saturated rings. The van der Waals surface area contributed by atoms with Crippen molar-refractivity contribution in [1.29, 1.82) is 0 Å². The third-order valence-electron chi connectivity index (χ3n) is 3.70. The molecule has 1 heterocycles. The van der Waals surface area contributed by atoms with E-state index in [9.17, 15) is 0 Å². The van der Waals surface area contributed by atoms with Crippen LogP contribution in [0.3, 0.4) is 0 Å². The predicted octanol–water partition coefficient (Wildman–Crippen LogP) is 1.01. The van der Waals surface area contributed by atoms with Crippen molar-refractivity contribution in [2.75, 3.05) is 34.2 Å². The first-order valence-corrected chi connectivity index (χ1v) is 6.14. The van der Waals surface area contributed by atoms with Gasteiger partial charge in [-0.05, 0) is 54.4 Å². The van der Waals surface area contributed by atoms with Crippen LogP contribution in [0, 0.1) is 0 Å². The molecule has 0 saturated carbocycles. The van der Waals surface area contributed by atoms with Crippen molar-refractivity contribution in [3.63, 3.8) is 0 Å². The zero-order valence-corrected chi connectivity index (χ0v) is 11.0. The monoisotopic (exact) mass is 213 g/mol. The van der Waals surface area contributed by atoms with Gasteiger partial charge in [-0.15, -0.1) is 0 Å². The minimum atomic E-state index is 0.577. The number of hydrogen-bond donors (Lipinski definition) is 1. The van der Waals surface area contributed by atoms with Crippen LogP contribution >= 0.6 is 0 Å². The van der Waals surface area contributed by atoms with Crippen LogP contribution in [-0.4, -0.2) is 62.2 Å². The molecule has 1 N–H and O–H groups in total. The summed E-state index contributed by atoms with van der Waals surface area (Å²) in [6, 6.07) is 1.97. The van der Waals surface area contributed by atoms with E-state index in [4.69, 9.17) is 0 Å². The summed E-state index contributed by atoms with van der Waals surface area (Å²) in [5.41, 5.74) is 0. The van der Waals surface area contributed by atoms with Crippen LogP contribution in [-0.2, 0) is 0 Å². The second-order valence-corrected chi connectivity index (χ2v) is 5.11. The minimum Gasteiger partial charge on any atom is -0.316 e. The van der Waals surface area contributed by atoms with Crippen LogP contribution in [0.25, 0.3) is 0 Å². The lowest BCUT2D eigenvalue weighted by atomic mass is 10.1. The standard InChI is InChI=1S/C12H27N3/c1-10(13-3)11(2)15-8-6-7-12(15)9-14(4)5/h10-13H,6-9H2,1-5H3. The maximum absolute atomic E-state index is 3.36. The zero-order valence-electron chi connectivity index (χ0n) is 11.0. The van der Waals surface area contributed by atoms with Crippen molar-refractivity contribution >= 4 is 0 Å². The number of hydrogen-bond acceptors (Lipinski definition) is 3. The molecule has 3 nitrogen and oxygen atoms in total. The highest BCUT2D eigenvalue weighted by molar-refractivity contribution is 4.88. The van der Waals surface area contributed by atoms with Crippen LogP contribution in [0.1, 0.15) is 26.7 Å². The zero-order chi connectivity index (χ0) is 11.4. The third-order valence-corrected chi connectivity index (χ3v) is 3.70. The lowest BCUT2D eigenvalue weighted by Gasteiger charge is -2.35. The molecule has 3 unspecified atom stereocenters. The van der Waals surface area contributed by atoms with E-state index in [1.807, 2.05) is 0 Å². The fourth-order valence-corrected chi connectivity index (χ4v) is 2.54. The average Bonchev–Trinajstić information content (AvgIpc) is 2.62. The van der Waals surface area contributed by atoms with Crippen LogP contribution < -0.4 is 5.32 Å². The highest BCUT2D eigenvalue weighted by Gasteiger charge is 2.30. The predicted molar refractivity (Wildman–Crippen MR) is 66.3 cm³/mol. The van der Waals surface area contributed by atoms with Crippen LogP contribution in [0.2, 0.25) is 0 Å². The first-order valence-electron chi connectivity index (χ1n) is 6.14. The maximum Gasteiger partial charge on any atom is 0.0226 e. The molecule has 3 heteroatoms. The molecular formula is C12H27N3. The maximum atomic E-state index is 3.36. The van der Waals surface area contributed by atoms with E-state index in [1.165, 1.54) is 25.9 Å². The number of likely N-dealkylation sites (N-methyl/N-ethyl adjacent to an activating group) is 2. The molecule has 0 spiro atoms. The normalized spacial score (nSPS) is 27.2. The summed E-state index contributed by atoms with van der Waals surface area (Å²) in [5, 5.41) is 3.36. The molecule has 1 aliphatic rings. The van der Waals surface area contributed by atoms with Gasteiger partial charge >= 0.3 is 0 Å². The van der Waals surface area contributed by atoms with E-state index in [2.05, 4.69) is 50.1 Å². The summed E-state index contributed by atoms with van der Waals surface area (Å²) in [6.45, 7) is 7.08. The number of nitrogens with one attached hydrogen (secondary N) is 1. The number of likely N-dealkylation sites (tertiary alicyclic amines) is 1. The molecule has 0 bridgehead atoms. The van der Waals surface area contributed by atoms with Gasteiger partial charge in [-0.25, -0.2) is 0 Å². The van der Waals surface area contributed by atoms with E-state index in [0.29, 0.717) is 12.1 Å². The summed E-state index contributed by atoms with van der Waals surface area (Å²) >= 11 is 0. The lowest BCUT2D eigenvalue weighted by Crippen LogP contribution is -2.50. The summed E-state index contributed by atoms with van der Waals surface area (Å²) in [5.74, 6) is 0. The second kappa shape index (κ2) is 5.83. The average molecular weight is 213 g/mol. The Morgan fingerprint density at radius 2 is 2.07 bits per heavy atom. The Bertz CT molecular complexity index is 182. The Hall–Kier alpha value is -0.120. The van der Waals surface area contributed by atoms with E-state index in [-0.39, 0.29) is 0 Å². The Labute approximate surface area is 94.8 Å². The molecule has 0 aliphatic carbocycles. The van der Waals surface area contributed by atoms with Gasteiger partial charge in [-0.2, -0.15) is 0 Å². The Morgan fingerprint density at radius 3 is 2.60 bits per heavy atom. The van der Waals surface area contributed by atoms with Gasteiger partial charge in [0.05, 0.1) is 0 Å². The molecule has 0 aromatic rings. The van der Waals surface area contributed by atoms with Gasteiger partial charge < -0.3 is 10.2 Å². The topological polar surface area (TPSA) is 18.5 Å². The van der Waals surface area contributed by atoms with Crippen molar-refractivity contribution in [3.05, 3.63) is 0 Å². The second-order valence-electron chi connectivity index (χ2n) is 5.11. The van der Waals surface area contributed by atoms with Gasteiger partial charge in [0, 0.05) is 24.7 Å². The molecule has 1 rings (SSSR count). The first-order chi connectivity index (χ1) is 7.06. The van der Waals surface area contributed by atoms with Crippen LogP contribution in [0.4, 0.5) is 0 Å². The third kappa shape index (κ3) is 3.44. The molecular weight excluding hydrogens is 186 g/mol.